The summed E-state index contributed by atoms with van der Waals surface area (Å²) in [5.41, 5.74) is 1.14. The van der Waals surface area contributed by atoms with Gasteiger partial charge in [-0.1, -0.05) is 12.1 Å². The molecule has 1 aromatic rings. The number of benzene rings is 1. The second-order valence-electron chi connectivity index (χ2n) is 6.41. The smallest absolute Gasteiger partial charge is 0.269 e. The van der Waals surface area contributed by atoms with E-state index in [0.29, 0.717) is 11.0 Å². The van der Waals surface area contributed by atoms with Crippen molar-refractivity contribution >= 4 is 24.0 Å². The van der Waals surface area contributed by atoms with Crippen molar-refractivity contribution in [2.45, 2.75) is 25.7 Å². The first-order valence-corrected chi connectivity index (χ1v) is 7.80. The molecular weight excluding hydrogens is 318 g/mol. The highest BCUT2D eigenvalue weighted by molar-refractivity contribution is 5.85. The van der Waals surface area contributed by atoms with Crippen molar-refractivity contribution in [3.8, 4) is 0 Å². The average Bonchev–Trinajstić information content (AvgIpc) is 2.96. The third kappa shape index (κ3) is 4.00. The number of hydrogen-bond acceptors (Lipinski definition) is 4. The number of likely N-dealkylation sites (tertiary alicyclic amines) is 1. The summed E-state index contributed by atoms with van der Waals surface area (Å²) < 4.78 is 0. The van der Waals surface area contributed by atoms with Gasteiger partial charge in [0.2, 0.25) is 5.91 Å². The molecule has 0 bridgehead atoms. The first-order valence-electron chi connectivity index (χ1n) is 7.80. The van der Waals surface area contributed by atoms with Crippen LogP contribution < -0.4 is 5.32 Å². The molecule has 126 valence electrons. The third-order valence-corrected chi connectivity index (χ3v) is 4.99. The van der Waals surface area contributed by atoms with Gasteiger partial charge < -0.3 is 10.2 Å². The minimum Gasteiger partial charge on any atom is -0.342 e. The zero-order valence-electron chi connectivity index (χ0n) is 13.0. The van der Waals surface area contributed by atoms with Crippen molar-refractivity contribution in [3.05, 3.63) is 39.9 Å². The molecular formula is C16H22ClN3O3. The van der Waals surface area contributed by atoms with Gasteiger partial charge in [0.25, 0.3) is 5.69 Å². The molecule has 3 rings (SSSR count). The molecule has 0 atom stereocenters. The molecule has 0 saturated carbocycles. The number of carbonyl (C=O) groups is 1. The van der Waals surface area contributed by atoms with Crippen molar-refractivity contribution in [2.75, 3.05) is 26.2 Å². The van der Waals surface area contributed by atoms with Crippen LogP contribution in [0.3, 0.4) is 0 Å². The molecule has 7 heteroatoms. The van der Waals surface area contributed by atoms with Gasteiger partial charge in [-0.15, -0.1) is 12.4 Å². The quantitative estimate of drug-likeness (QED) is 0.676. The van der Waals surface area contributed by atoms with E-state index in [9.17, 15) is 14.9 Å². The Bertz CT molecular complexity index is 578. The van der Waals surface area contributed by atoms with Gasteiger partial charge in [0.05, 0.1) is 11.3 Å². The Morgan fingerprint density at radius 2 is 2.04 bits per heavy atom. The van der Waals surface area contributed by atoms with Crippen LogP contribution in [0, 0.1) is 15.5 Å². The van der Waals surface area contributed by atoms with Gasteiger partial charge in [-0.05, 0) is 36.8 Å². The maximum Gasteiger partial charge on any atom is 0.269 e. The maximum atomic E-state index is 12.4. The molecule has 23 heavy (non-hydrogen) atoms. The fraction of sp³-hybridized carbons (Fsp3) is 0.562. The fourth-order valence-corrected chi connectivity index (χ4v) is 3.52. The van der Waals surface area contributed by atoms with Crippen LogP contribution in [0.4, 0.5) is 5.69 Å². The van der Waals surface area contributed by atoms with E-state index in [1.807, 2.05) is 4.90 Å². The van der Waals surface area contributed by atoms with Crippen LogP contribution in [0.15, 0.2) is 24.3 Å². The lowest BCUT2D eigenvalue weighted by molar-refractivity contribution is -0.384. The molecule has 1 aromatic carbocycles. The highest BCUT2D eigenvalue weighted by Gasteiger charge is 2.37. The molecule has 0 radical (unpaired) electrons. The predicted molar refractivity (Wildman–Crippen MR) is 89.8 cm³/mol. The number of amides is 1. The topological polar surface area (TPSA) is 75.5 Å². The molecule has 1 N–H and O–H groups in total. The van der Waals surface area contributed by atoms with E-state index in [0.717, 1.165) is 39.0 Å². The number of non-ortho nitro benzene ring substituents is 1. The maximum absolute atomic E-state index is 12.4. The number of nitro groups is 1. The Morgan fingerprint density at radius 3 is 2.65 bits per heavy atom. The summed E-state index contributed by atoms with van der Waals surface area (Å²) in [6.45, 7) is 3.76. The van der Waals surface area contributed by atoms with Gasteiger partial charge in [0.1, 0.15) is 0 Å². The second kappa shape index (κ2) is 7.27. The standard InChI is InChI=1S/C16H21N3O3.ClH/c20-15(11-13-2-1-3-14(10-13)19(21)22)18-8-5-16(6-9-18)4-7-17-12-16;/h1-3,10,17H,4-9,11-12H2;1H. The van der Waals surface area contributed by atoms with E-state index in [1.165, 1.54) is 18.6 Å². The van der Waals surface area contributed by atoms with Gasteiger partial charge in [0, 0.05) is 31.8 Å². The Labute approximate surface area is 141 Å². The summed E-state index contributed by atoms with van der Waals surface area (Å²) >= 11 is 0. The van der Waals surface area contributed by atoms with E-state index in [1.54, 1.807) is 12.1 Å². The van der Waals surface area contributed by atoms with Crippen molar-refractivity contribution in [1.82, 2.24) is 10.2 Å². The van der Waals surface area contributed by atoms with E-state index in [-0.39, 0.29) is 30.4 Å². The largest absolute Gasteiger partial charge is 0.342 e. The Kier molecular flexibility index (Phi) is 5.59. The SMILES string of the molecule is Cl.O=C(Cc1cccc([N+](=O)[O-])c1)N1CCC2(CCNC2)CC1. The number of carbonyl (C=O) groups excluding carboxylic acids is 1. The minimum absolute atomic E-state index is 0. The molecule has 2 heterocycles. The van der Waals surface area contributed by atoms with Crippen molar-refractivity contribution in [3.63, 3.8) is 0 Å². The molecule has 0 aliphatic carbocycles. The highest BCUT2D eigenvalue weighted by atomic mass is 35.5. The number of nitrogens with zero attached hydrogens (tertiary/aromatic N) is 2. The van der Waals surface area contributed by atoms with Gasteiger partial charge in [0.15, 0.2) is 0 Å². The monoisotopic (exact) mass is 339 g/mol. The first-order chi connectivity index (χ1) is 10.6. The zero-order chi connectivity index (χ0) is 15.6. The van der Waals surface area contributed by atoms with Crippen LogP contribution in [0.25, 0.3) is 0 Å². The number of halogens is 1. The van der Waals surface area contributed by atoms with Gasteiger partial charge >= 0.3 is 0 Å². The van der Waals surface area contributed by atoms with Crippen LogP contribution in [-0.4, -0.2) is 41.9 Å². The van der Waals surface area contributed by atoms with E-state index in [2.05, 4.69) is 5.32 Å². The summed E-state index contributed by atoms with van der Waals surface area (Å²) in [7, 11) is 0. The van der Waals surface area contributed by atoms with Crippen LogP contribution in [0.5, 0.6) is 0 Å². The molecule has 0 unspecified atom stereocenters. The van der Waals surface area contributed by atoms with E-state index in [4.69, 9.17) is 0 Å². The zero-order valence-corrected chi connectivity index (χ0v) is 13.8. The summed E-state index contributed by atoms with van der Waals surface area (Å²) in [5, 5.41) is 14.2. The number of rotatable bonds is 3. The van der Waals surface area contributed by atoms with E-state index < -0.39 is 4.92 Å². The van der Waals surface area contributed by atoms with Gasteiger partial charge in [-0.2, -0.15) is 0 Å². The fourth-order valence-electron chi connectivity index (χ4n) is 3.52. The number of nitro benzene ring substituents is 1. The Balaban J connectivity index is 0.00000192. The number of hydrogen-bond donors (Lipinski definition) is 1. The second-order valence-corrected chi connectivity index (χ2v) is 6.41. The number of piperidine rings is 1. The summed E-state index contributed by atoms with van der Waals surface area (Å²) in [6.07, 6.45) is 3.56. The molecule has 2 saturated heterocycles. The molecule has 0 aromatic heterocycles. The van der Waals surface area contributed by atoms with Crippen LogP contribution in [0.1, 0.15) is 24.8 Å². The summed E-state index contributed by atoms with van der Waals surface area (Å²) in [5.74, 6) is 0.0707. The van der Waals surface area contributed by atoms with Crippen LogP contribution >= 0.6 is 12.4 Å². The summed E-state index contributed by atoms with van der Waals surface area (Å²) in [4.78, 5) is 24.7. The lowest BCUT2D eigenvalue weighted by Gasteiger charge is -2.39. The molecule has 1 spiro atoms. The molecule has 1 amide bonds. The van der Waals surface area contributed by atoms with E-state index >= 15 is 0 Å². The minimum atomic E-state index is -0.425. The highest BCUT2D eigenvalue weighted by Crippen LogP contribution is 2.37. The van der Waals surface area contributed by atoms with Crippen molar-refractivity contribution in [2.24, 2.45) is 5.41 Å². The molecule has 2 aliphatic rings. The molecule has 2 fully saturated rings. The average molecular weight is 340 g/mol. The first kappa shape index (κ1) is 17.7. The number of nitrogens with one attached hydrogen (secondary N) is 1. The van der Waals surface area contributed by atoms with Gasteiger partial charge in [-0.25, -0.2) is 0 Å². The van der Waals surface area contributed by atoms with Crippen LogP contribution in [-0.2, 0) is 11.2 Å². The van der Waals surface area contributed by atoms with Crippen molar-refractivity contribution in [1.29, 1.82) is 0 Å². The molecule has 6 nitrogen and oxygen atoms in total. The van der Waals surface area contributed by atoms with Crippen molar-refractivity contribution < 1.29 is 9.72 Å². The lowest BCUT2D eigenvalue weighted by atomic mass is 9.78. The Hall–Kier alpha value is -1.66. The predicted octanol–water partition coefficient (Wildman–Crippen LogP) is 2.16. The normalized spacial score (nSPS) is 19.4. The van der Waals surface area contributed by atoms with Gasteiger partial charge in [-0.3, -0.25) is 14.9 Å². The lowest BCUT2D eigenvalue weighted by Crippen LogP contribution is -2.44. The van der Waals surface area contributed by atoms with Crippen LogP contribution in [0.2, 0.25) is 0 Å². The summed E-state index contributed by atoms with van der Waals surface area (Å²) in [6, 6.07) is 6.35. The third-order valence-electron chi connectivity index (χ3n) is 4.99. The molecule has 2 aliphatic heterocycles. The Morgan fingerprint density at radius 1 is 1.30 bits per heavy atom.